The van der Waals surface area contributed by atoms with E-state index < -0.39 is 0 Å². The molecule has 0 aliphatic carbocycles. The van der Waals surface area contributed by atoms with Crippen LogP contribution in [0.2, 0.25) is 0 Å². The molecular formula is C18H22BrN3O. The Morgan fingerprint density at radius 2 is 2.00 bits per heavy atom. The Morgan fingerprint density at radius 1 is 1.17 bits per heavy atom. The highest BCUT2D eigenvalue weighted by molar-refractivity contribution is 9.10. The second kappa shape index (κ2) is 9.30. The van der Waals surface area contributed by atoms with Crippen LogP contribution in [0.4, 0.5) is 11.5 Å². The lowest BCUT2D eigenvalue weighted by molar-refractivity contribution is -0.115. The van der Waals surface area contributed by atoms with Crippen molar-refractivity contribution in [1.82, 2.24) is 4.98 Å². The Bertz CT molecular complexity index is 628. The number of hydrogen-bond donors (Lipinski definition) is 2. The van der Waals surface area contributed by atoms with Gasteiger partial charge in [0.1, 0.15) is 5.82 Å². The minimum Gasteiger partial charge on any atom is -0.370 e. The fourth-order valence-electron chi connectivity index (χ4n) is 2.18. The van der Waals surface area contributed by atoms with Crippen LogP contribution in [0, 0.1) is 0 Å². The number of rotatable bonds is 8. The normalized spacial score (nSPS) is 10.3. The van der Waals surface area contributed by atoms with Crippen molar-refractivity contribution in [2.24, 2.45) is 0 Å². The van der Waals surface area contributed by atoms with Crippen LogP contribution in [0.25, 0.3) is 0 Å². The molecule has 1 aromatic carbocycles. The van der Waals surface area contributed by atoms with Crippen LogP contribution in [-0.4, -0.2) is 17.4 Å². The Labute approximate surface area is 145 Å². The highest BCUT2D eigenvalue weighted by Gasteiger charge is 2.07. The number of aromatic nitrogens is 1. The van der Waals surface area contributed by atoms with Crippen LogP contribution < -0.4 is 10.6 Å². The topological polar surface area (TPSA) is 54.0 Å². The quantitative estimate of drug-likeness (QED) is 0.661. The van der Waals surface area contributed by atoms with Crippen LogP contribution in [0.1, 0.15) is 31.7 Å². The van der Waals surface area contributed by atoms with Crippen molar-refractivity contribution >= 4 is 33.3 Å². The van der Waals surface area contributed by atoms with E-state index in [4.69, 9.17) is 0 Å². The van der Waals surface area contributed by atoms with E-state index in [9.17, 15) is 4.79 Å². The molecule has 1 aromatic heterocycles. The lowest BCUT2D eigenvalue weighted by atomic mass is 10.1. The molecule has 122 valence electrons. The molecule has 0 aliphatic rings. The third kappa shape index (κ3) is 6.02. The van der Waals surface area contributed by atoms with Crippen molar-refractivity contribution in [2.45, 2.75) is 32.6 Å². The van der Waals surface area contributed by atoms with Gasteiger partial charge in [0.2, 0.25) is 5.91 Å². The first-order valence-corrected chi connectivity index (χ1v) is 8.71. The predicted octanol–water partition coefficient (Wildman–Crippen LogP) is 4.63. The Balaban J connectivity index is 1.83. The van der Waals surface area contributed by atoms with E-state index in [0.29, 0.717) is 12.1 Å². The highest BCUT2D eigenvalue weighted by atomic mass is 79.9. The molecule has 2 rings (SSSR count). The number of pyridine rings is 1. The number of hydrogen-bond acceptors (Lipinski definition) is 3. The van der Waals surface area contributed by atoms with Gasteiger partial charge in [-0.15, -0.1) is 0 Å². The van der Waals surface area contributed by atoms with Gasteiger partial charge in [-0.3, -0.25) is 4.79 Å². The van der Waals surface area contributed by atoms with Gasteiger partial charge in [-0.25, -0.2) is 4.98 Å². The first-order chi connectivity index (χ1) is 11.2. The third-order valence-electron chi connectivity index (χ3n) is 3.44. The molecule has 0 atom stereocenters. The lowest BCUT2D eigenvalue weighted by Gasteiger charge is -2.08. The average Bonchev–Trinajstić information content (AvgIpc) is 2.55. The summed E-state index contributed by atoms with van der Waals surface area (Å²) in [4.78, 5) is 16.4. The van der Waals surface area contributed by atoms with Gasteiger partial charge >= 0.3 is 0 Å². The van der Waals surface area contributed by atoms with E-state index in [-0.39, 0.29) is 5.91 Å². The molecule has 2 N–H and O–H groups in total. The zero-order chi connectivity index (χ0) is 16.5. The third-order valence-corrected chi connectivity index (χ3v) is 4.22. The smallest absolute Gasteiger partial charge is 0.228 e. The SMILES string of the molecule is CCCCCNc1ccc(NC(=O)Cc2ccccc2Br)cn1. The number of carbonyl (C=O) groups excluding carboxylic acids is 1. The Kier molecular flexibility index (Phi) is 7.07. The molecule has 0 unspecified atom stereocenters. The fraction of sp³-hybridized carbons (Fsp3) is 0.333. The van der Waals surface area contributed by atoms with E-state index in [1.807, 2.05) is 36.4 Å². The molecule has 0 aliphatic heterocycles. The van der Waals surface area contributed by atoms with Gasteiger partial charge in [0.25, 0.3) is 0 Å². The summed E-state index contributed by atoms with van der Waals surface area (Å²) in [6.07, 6.45) is 5.58. The van der Waals surface area contributed by atoms with Crippen molar-refractivity contribution in [2.75, 3.05) is 17.2 Å². The van der Waals surface area contributed by atoms with Crippen molar-refractivity contribution in [3.05, 3.63) is 52.6 Å². The predicted molar refractivity (Wildman–Crippen MR) is 98.7 cm³/mol. The molecular weight excluding hydrogens is 354 g/mol. The van der Waals surface area contributed by atoms with Gasteiger partial charge in [0, 0.05) is 11.0 Å². The van der Waals surface area contributed by atoms with Gasteiger partial charge in [0.15, 0.2) is 0 Å². The minimum atomic E-state index is -0.0534. The van der Waals surface area contributed by atoms with E-state index >= 15 is 0 Å². The maximum atomic E-state index is 12.1. The summed E-state index contributed by atoms with van der Waals surface area (Å²) in [5.74, 6) is 0.785. The van der Waals surface area contributed by atoms with E-state index in [0.717, 1.165) is 28.8 Å². The Hall–Kier alpha value is -1.88. The second-order valence-corrected chi connectivity index (χ2v) is 6.24. The van der Waals surface area contributed by atoms with Crippen LogP contribution in [0.15, 0.2) is 47.1 Å². The molecule has 4 nitrogen and oxygen atoms in total. The van der Waals surface area contributed by atoms with Gasteiger partial charge < -0.3 is 10.6 Å². The molecule has 5 heteroatoms. The van der Waals surface area contributed by atoms with Crippen LogP contribution in [-0.2, 0) is 11.2 Å². The van der Waals surface area contributed by atoms with Crippen molar-refractivity contribution < 1.29 is 4.79 Å². The van der Waals surface area contributed by atoms with Gasteiger partial charge in [-0.2, -0.15) is 0 Å². The number of halogens is 1. The zero-order valence-corrected chi connectivity index (χ0v) is 14.9. The summed E-state index contributed by atoms with van der Waals surface area (Å²) in [6.45, 7) is 3.11. The van der Waals surface area contributed by atoms with Crippen LogP contribution in [0.5, 0.6) is 0 Å². The summed E-state index contributed by atoms with van der Waals surface area (Å²) >= 11 is 3.45. The number of nitrogens with zero attached hydrogens (tertiary/aromatic N) is 1. The summed E-state index contributed by atoms with van der Waals surface area (Å²) < 4.78 is 0.944. The molecule has 0 radical (unpaired) electrons. The second-order valence-electron chi connectivity index (χ2n) is 5.38. The van der Waals surface area contributed by atoms with E-state index in [1.165, 1.54) is 12.8 Å². The number of nitrogens with one attached hydrogen (secondary N) is 2. The number of carbonyl (C=O) groups is 1. The molecule has 0 fully saturated rings. The summed E-state index contributed by atoms with van der Waals surface area (Å²) in [5, 5.41) is 6.15. The van der Waals surface area contributed by atoms with Gasteiger partial charge in [-0.05, 0) is 30.2 Å². The molecule has 0 saturated heterocycles. The highest BCUT2D eigenvalue weighted by Crippen LogP contribution is 2.17. The zero-order valence-electron chi connectivity index (χ0n) is 13.3. The monoisotopic (exact) mass is 375 g/mol. The summed E-state index contributed by atoms with van der Waals surface area (Å²) in [7, 11) is 0. The molecule has 0 bridgehead atoms. The Morgan fingerprint density at radius 3 is 2.70 bits per heavy atom. The summed E-state index contributed by atoms with van der Waals surface area (Å²) in [5.41, 5.74) is 1.67. The maximum absolute atomic E-state index is 12.1. The van der Waals surface area contributed by atoms with Crippen molar-refractivity contribution in [3.63, 3.8) is 0 Å². The molecule has 23 heavy (non-hydrogen) atoms. The van der Waals surface area contributed by atoms with Gasteiger partial charge in [-0.1, -0.05) is 53.9 Å². The van der Waals surface area contributed by atoms with Crippen molar-refractivity contribution in [1.29, 1.82) is 0 Å². The molecule has 1 heterocycles. The standard InChI is InChI=1S/C18H22BrN3O/c1-2-3-6-11-20-17-10-9-15(13-21-17)22-18(23)12-14-7-4-5-8-16(14)19/h4-5,7-10,13H,2-3,6,11-12H2,1H3,(H,20,21)(H,22,23). The number of benzene rings is 1. The minimum absolute atomic E-state index is 0.0534. The number of unbranched alkanes of at least 4 members (excludes halogenated alkanes) is 2. The molecule has 0 saturated carbocycles. The van der Waals surface area contributed by atoms with Crippen LogP contribution in [0.3, 0.4) is 0 Å². The molecule has 2 aromatic rings. The summed E-state index contributed by atoms with van der Waals surface area (Å²) in [6, 6.07) is 11.5. The van der Waals surface area contributed by atoms with Gasteiger partial charge in [0.05, 0.1) is 18.3 Å². The molecule has 0 spiro atoms. The number of anilines is 2. The van der Waals surface area contributed by atoms with E-state index in [2.05, 4.69) is 38.5 Å². The number of amides is 1. The van der Waals surface area contributed by atoms with Crippen LogP contribution >= 0.6 is 15.9 Å². The maximum Gasteiger partial charge on any atom is 0.228 e. The fourth-order valence-corrected chi connectivity index (χ4v) is 2.61. The lowest BCUT2D eigenvalue weighted by Crippen LogP contribution is -2.15. The largest absolute Gasteiger partial charge is 0.370 e. The van der Waals surface area contributed by atoms with E-state index in [1.54, 1.807) is 6.20 Å². The average molecular weight is 376 g/mol. The van der Waals surface area contributed by atoms with Crippen molar-refractivity contribution in [3.8, 4) is 0 Å². The molecule has 1 amide bonds. The first kappa shape index (κ1) is 17.5. The first-order valence-electron chi connectivity index (χ1n) is 7.92.